The zero-order chi connectivity index (χ0) is 15.6. The molecule has 0 heterocycles. The van der Waals surface area contributed by atoms with Crippen LogP contribution in [0.1, 0.15) is 11.1 Å². The third-order valence-electron chi connectivity index (χ3n) is 3.36. The third-order valence-corrected chi connectivity index (χ3v) is 3.36. The van der Waals surface area contributed by atoms with Gasteiger partial charge < -0.3 is 10.4 Å². The molecule has 114 valence electrons. The van der Waals surface area contributed by atoms with Gasteiger partial charge in [0.1, 0.15) is 0 Å². The van der Waals surface area contributed by atoms with Crippen LogP contribution in [0.3, 0.4) is 0 Å². The van der Waals surface area contributed by atoms with Crippen LogP contribution in [0.4, 0.5) is 0 Å². The van der Waals surface area contributed by atoms with Crippen molar-refractivity contribution in [2.24, 2.45) is 0 Å². The van der Waals surface area contributed by atoms with Crippen LogP contribution in [0.5, 0.6) is 0 Å². The molecule has 3 nitrogen and oxygen atoms in total. The van der Waals surface area contributed by atoms with E-state index in [-0.39, 0.29) is 6.54 Å². The van der Waals surface area contributed by atoms with Crippen LogP contribution in [-0.4, -0.2) is 24.2 Å². The predicted molar refractivity (Wildman–Crippen MR) is 88.9 cm³/mol. The first-order valence-electron chi connectivity index (χ1n) is 7.42. The summed E-state index contributed by atoms with van der Waals surface area (Å²) in [6, 6.07) is 20.6. The number of allylic oxidation sites excluding steroid dienone is 1. The van der Waals surface area contributed by atoms with Crippen LogP contribution in [0.2, 0.25) is 0 Å². The zero-order valence-corrected chi connectivity index (χ0v) is 12.5. The van der Waals surface area contributed by atoms with Crippen LogP contribution >= 0.6 is 0 Å². The minimum Gasteiger partial charge on any atom is -0.480 e. The Morgan fingerprint density at radius 1 is 0.909 bits per heavy atom. The number of carbonyl (C=O) groups is 1. The van der Waals surface area contributed by atoms with Crippen molar-refractivity contribution in [1.29, 1.82) is 0 Å². The maximum absolute atomic E-state index is 10.5. The smallest absolute Gasteiger partial charge is 0.317 e. The molecule has 0 aliphatic carbocycles. The van der Waals surface area contributed by atoms with Gasteiger partial charge in [-0.15, -0.1) is 0 Å². The highest BCUT2D eigenvalue weighted by Crippen LogP contribution is 2.13. The third kappa shape index (κ3) is 5.94. The Kier molecular flexibility index (Phi) is 6.39. The second-order valence-electron chi connectivity index (χ2n) is 5.21. The molecular formula is C19H21NO2. The fourth-order valence-corrected chi connectivity index (χ4v) is 2.32. The Labute approximate surface area is 131 Å². The highest BCUT2D eigenvalue weighted by molar-refractivity contribution is 5.69. The first-order valence-corrected chi connectivity index (χ1v) is 7.42. The van der Waals surface area contributed by atoms with Crippen LogP contribution in [0, 0.1) is 0 Å². The molecule has 0 aliphatic rings. The molecule has 0 atom stereocenters. The minimum absolute atomic E-state index is 0.0134. The lowest BCUT2D eigenvalue weighted by molar-refractivity contribution is -0.135. The van der Waals surface area contributed by atoms with Gasteiger partial charge in [-0.25, -0.2) is 0 Å². The first kappa shape index (κ1) is 16.0. The van der Waals surface area contributed by atoms with E-state index in [1.807, 2.05) is 36.4 Å². The number of rotatable bonds is 8. The summed E-state index contributed by atoms with van der Waals surface area (Å²) in [5, 5.41) is 11.6. The van der Waals surface area contributed by atoms with Crippen molar-refractivity contribution in [2.45, 2.75) is 12.8 Å². The van der Waals surface area contributed by atoms with Crippen molar-refractivity contribution in [3.8, 4) is 0 Å². The molecule has 0 fully saturated rings. The van der Waals surface area contributed by atoms with Gasteiger partial charge >= 0.3 is 5.97 Å². The Morgan fingerprint density at radius 2 is 1.41 bits per heavy atom. The van der Waals surface area contributed by atoms with Gasteiger partial charge in [0.2, 0.25) is 0 Å². The minimum atomic E-state index is -0.832. The molecule has 2 aromatic carbocycles. The molecule has 0 saturated heterocycles. The van der Waals surface area contributed by atoms with Crippen molar-refractivity contribution in [1.82, 2.24) is 5.32 Å². The quantitative estimate of drug-likeness (QED) is 0.581. The van der Waals surface area contributed by atoms with E-state index in [1.165, 1.54) is 16.7 Å². The fourth-order valence-electron chi connectivity index (χ4n) is 2.32. The van der Waals surface area contributed by atoms with E-state index in [1.54, 1.807) is 0 Å². The van der Waals surface area contributed by atoms with E-state index in [0.29, 0.717) is 6.54 Å². The van der Waals surface area contributed by atoms with Gasteiger partial charge in [-0.1, -0.05) is 72.3 Å². The summed E-state index contributed by atoms with van der Waals surface area (Å²) >= 11 is 0. The molecule has 0 radical (unpaired) electrons. The van der Waals surface area contributed by atoms with Crippen molar-refractivity contribution < 1.29 is 9.90 Å². The molecule has 22 heavy (non-hydrogen) atoms. The Bertz CT molecular complexity index is 562. The van der Waals surface area contributed by atoms with Crippen LogP contribution in [0.25, 0.3) is 0 Å². The van der Waals surface area contributed by atoms with E-state index in [0.717, 1.165) is 12.8 Å². The number of hydrogen-bond donors (Lipinski definition) is 2. The van der Waals surface area contributed by atoms with Gasteiger partial charge in [-0.3, -0.25) is 4.79 Å². The summed E-state index contributed by atoms with van der Waals surface area (Å²) in [5.74, 6) is -0.832. The maximum Gasteiger partial charge on any atom is 0.317 e. The van der Waals surface area contributed by atoms with E-state index in [2.05, 4.69) is 35.7 Å². The highest BCUT2D eigenvalue weighted by Gasteiger charge is 2.02. The number of carboxylic acid groups (broad SMARTS) is 1. The van der Waals surface area contributed by atoms with Crippen LogP contribution in [-0.2, 0) is 17.6 Å². The monoisotopic (exact) mass is 295 g/mol. The predicted octanol–water partition coefficient (Wildman–Crippen LogP) is 3.07. The molecule has 2 aromatic rings. The normalized spacial score (nSPS) is 10.2. The number of aliphatic carboxylic acids is 1. The summed E-state index contributed by atoms with van der Waals surface area (Å²) in [6.07, 6.45) is 3.86. The topological polar surface area (TPSA) is 49.3 Å². The van der Waals surface area contributed by atoms with Crippen LogP contribution in [0.15, 0.2) is 72.3 Å². The van der Waals surface area contributed by atoms with E-state index in [4.69, 9.17) is 5.11 Å². The molecule has 3 heteroatoms. The Hall–Kier alpha value is -2.39. The van der Waals surface area contributed by atoms with E-state index in [9.17, 15) is 4.79 Å². The summed E-state index contributed by atoms with van der Waals surface area (Å²) in [6.45, 7) is 0.557. The molecule has 0 aromatic heterocycles. The number of carboxylic acids is 1. The zero-order valence-electron chi connectivity index (χ0n) is 12.5. The number of hydrogen-bond acceptors (Lipinski definition) is 2. The fraction of sp³-hybridized carbons (Fsp3) is 0.211. The average molecular weight is 295 g/mol. The van der Waals surface area contributed by atoms with Gasteiger partial charge in [0.15, 0.2) is 0 Å². The molecule has 2 rings (SSSR count). The molecule has 2 N–H and O–H groups in total. The lowest BCUT2D eigenvalue weighted by Crippen LogP contribution is -2.22. The van der Waals surface area contributed by atoms with Crippen molar-refractivity contribution in [2.75, 3.05) is 13.1 Å². The summed E-state index contributed by atoms with van der Waals surface area (Å²) in [7, 11) is 0. The average Bonchev–Trinajstić information content (AvgIpc) is 2.53. The summed E-state index contributed by atoms with van der Waals surface area (Å²) < 4.78 is 0. The molecule has 0 aliphatic heterocycles. The molecule has 0 amide bonds. The standard InChI is InChI=1S/C19H21NO2/c21-19(22)15-20-12-11-18(13-16-7-3-1-4-8-16)14-17-9-5-2-6-10-17/h1-11,20H,12-15H2,(H,21,22). The van der Waals surface area contributed by atoms with Crippen molar-refractivity contribution in [3.63, 3.8) is 0 Å². The van der Waals surface area contributed by atoms with Gasteiger partial charge in [-0.05, 0) is 24.0 Å². The Balaban J connectivity index is 2.02. The second-order valence-corrected chi connectivity index (χ2v) is 5.21. The van der Waals surface area contributed by atoms with Gasteiger partial charge in [-0.2, -0.15) is 0 Å². The second kappa shape index (κ2) is 8.80. The molecule has 0 bridgehead atoms. The summed E-state index contributed by atoms with van der Waals surface area (Å²) in [5.41, 5.74) is 3.82. The van der Waals surface area contributed by atoms with E-state index >= 15 is 0 Å². The largest absolute Gasteiger partial charge is 0.480 e. The molecule has 0 saturated carbocycles. The lowest BCUT2D eigenvalue weighted by atomic mass is 9.98. The van der Waals surface area contributed by atoms with Crippen molar-refractivity contribution >= 4 is 5.97 Å². The molecule has 0 spiro atoms. The van der Waals surface area contributed by atoms with Gasteiger partial charge in [0.25, 0.3) is 0 Å². The van der Waals surface area contributed by atoms with Gasteiger partial charge in [0, 0.05) is 6.54 Å². The highest BCUT2D eigenvalue weighted by atomic mass is 16.4. The SMILES string of the molecule is O=C(O)CNCC=C(Cc1ccccc1)Cc1ccccc1. The van der Waals surface area contributed by atoms with E-state index < -0.39 is 5.97 Å². The molecule has 0 unspecified atom stereocenters. The Morgan fingerprint density at radius 3 is 1.86 bits per heavy atom. The number of benzene rings is 2. The maximum atomic E-state index is 10.5. The molecular weight excluding hydrogens is 274 g/mol. The van der Waals surface area contributed by atoms with Crippen molar-refractivity contribution in [3.05, 3.63) is 83.4 Å². The summed E-state index contributed by atoms with van der Waals surface area (Å²) in [4.78, 5) is 10.5. The lowest BCUT2D eigenvalue weighted by Gasteiger charge is -2.09. The first-order chi connectivity index (χ1) is 10.7. The van der Waals surface area contributed by atoms with Crippen LogP contribution < -0.4 is 5.32 Å². The number of nitrogens with one attached hydrogen (secondary N) is 1. The van der Waals surface area contributed by atoms with Gasteiger partial charge in [0.05, 0.1) is 6.54 Å².